The molecule has 0 aliphatic heterocycles. The Bertz CT molecular complexity index is 765. The average Bonchev–Trinajstić information content (AvgIpc) is 2.95. The van der Waals surface area contributed by atoms with Crippen LogP contribution >= 0.6 is 0 Å². The number of aldehydes is 1. The van der Waals surface area contributed by atoms with Gasteiger partial charge in [0.05, 0.1) is 4.90 Å². The van der Waals surface area contributed by atoms with Crippen molar-refractivity contribution in [3.05, 3.63) is 42.2 Å². The van der Waals surface area contributed by atoms with Crippen molar-refractivity contribution >= 4 is 16.3 Å². The second-order valence-corrected chi connectivity index (χ2v) is 7.71. The molecule has 0 N–H and O–H groups in total. The van der Waals surface area contributed by atoms with E-state index in [9.17, 15) is 13.2 Å². The van der Waals surface area contributed by atoms with Gasteiger partial charge >= 0.3 is 0 Å². The van der Waals surface area contributed by atoms with Crippen LogP contribution in [-0.2, 0) is 10.0 Å². The summed E-state index contributed by atoms with van der Waals surface area (Å²) < 4.78 is 32.4. The quantitative estimate of drug-likeness (QED) is 0.757. The molecule has 0 saturated heterocycles. The molecule has 0 bridgehead atoms. The van der Waals surface area contributed by atoms with Gasteiger partial charge in [-0.3, -0.25) is 4.79 Å². The highest BCUT2D eigenvalue weighted by atomic mass is 32.2. The number of sulfonamides is 1. The van der Waals surface area contributed by atoms with E-state index < -0.39 is 10.0 Å². The van der Waals surface area contributed by atoms with Crippen molar-refractivity contribution in [2.45, 2.75) is 44.7 Å². The van der Waals surface area contributed by atoms with Crippen LogP contribution in [0.1, 0.15) is 38.2 Å². The molecule has 1 aromatic carbocycles. The topological polar surface area (TPSA) is 67.6 Å². The van der Waals surface area contributed by atoms with Gasteiger partial charge in [0.15, 0.2) is 12.0 Å². The average molecular weight is 335 g/mol. The summed E-state index contributed by atoms with van der Waals surface area (Å²) in [6, 6.07) is 9.49. The first-order valence-corrected chi connectivity index (χ1v) is 8.90. The summed E-state index contributed by atoms with van der Waals surface area (Å²) in [6.45, 7) is 7.43. The molecule has 0 spiro atoms. The van der Waals surface area contributed by atoms with Crippen LogP contribution in [0.3, 0.4) is 0 Å². The van der Waals surface area contributed by atoms with Crippen molar-refractivity contribution in [2.75, 3.05) is 0 Å². The Balaban J connectivity index is 2.36. The molecular weight excluding hydrogens is 314 g/mol. The van der Waals surface area contributed by atoms with Gasteiger partial charge in [-0.05, 0) is 64.1 Å². The minimum absolute atomic E-state index is 0.125. The lowest BCUT2D eigenvalue weighted by Crippen LogP contribution is -2.41. The molecule has 0 aliphatic carbocycles. The number of hydrogen-bond donors (Lipinski definition) is 0. The molecule has 2 rings (SSSR count). The summed E-state index contributed by atoms with van der Waals surface area (Å²) >= 11 is 0. The molecule has 0 amide bonds. The van der Waals surface area contributed by atoms with Crippen molar-refractivity contribution in [1.29, 1.82) is 0 Å². The Morgan fingerprint density at radius 3 is 1.96 bits per heavy atom. The monoisotopic (exact) mass is 335 g/mol. The van der Waals surface area contributed by atoms with Gasteiger partial charge in [-0.1, -0.05) is 0 Å². The zero-order valence-electron chi connectivity index (χ0n) is 13.7. The van der Waals surface area contributed by atoms with E-state index in [1.54, 1.807) is 36.4 Å². The van der Waals surface area contributed by atoms with Crippen molar-refractivity contribution in [3.63, 3.8) is 0 Å². The Morgan fingerprint density at radius 1 is 0.957 bits per heavy atom. The van der Waals surface area contributed by atoms with Crippen molar-refractivity contribution in [2.24, 2.45) is 0 Å². The van der Waals surface area contributed by atoms with Crippen LogP contribution in [0.5, 0.6) is 0 Å². The molecule has 6 heteroatoms. The summed E-state index contributed by atoms with van der Waals surface area (Å²) in [5.74, 6) is 0.767. The highest BCUT2D eigenvalue weighted by molar-refractivity contribution is 7.89. The van der Waals surface area contributed by atoms with E-state index in [1.807, 2.05) is 27.7 Å². The summed E-state index contributed by atoms with van der Waals surface area (Å²) in [7, 11) is -3.55. The van der Waals surface area contributed by atoms with Gasteiger partial charge < -0.3 is 4.42 Å². The lowest BCUT2D eigenvalue weighted by atomic mass is 10.2. The van der Waals surface area contributed by atoms with E-state index >= 15 is 0 Å². The van der Waals surface area contributed by atoms with Crippen LogP contribution in [0.2, 0.25) is 0 Å². The number of nitrogens with zero attached hydrogens (tertiary/aromatic N) is 1. The first-order valence-electron chi connectivity index (χ1n) is 7.46. The van der Waals surface area contributed by atoms with Crippen LogP contribution in [0.25, 0.3) is 11.3 Å². The zero-order chi connectivity index (χ0) is 17.2. The fourth-order valence-corrected chi connectivity index (χ4v) is 4.47. The number of carbonyl (C=O) groups excluding carboxylic acids is 1. The number of hydrogen-bond acceptors (Lipinski definition) is 4. The molecule has 5 nitrogen and oxygen atoms in total. The van der Waals surface area contributed by atoms with E-state index in [1.165, 1.54) is 4.31 Å². The number of rotatable bonds is 6. The molecule has 1 aromatic heterocycles. The number of benzene rings is 1. The minimum atomic E-state index is -3.55. The maximum atomic E-state index is 12.8. The van der Waals surface area contributed by atoms with Gasteiger partial charge in [0.2, 0.25) is 10.0 Å². The number of carbonyl (C=O) groups is 1. The lowest BCUT2D eigenvalue weighted by molar-refractivity contribution is 0.110. The third kappa shape index (κ3) is 3.54. The first kappa shape index (κ1) is 17.4. The third-order valence-corrected chi connectivity index (χ3v) is 5.74. The highest BCUT2D eigenvalue weighted by Gasteiger charge is 2.29. The van der Waals surface area contributed by atoms with Crippen LogP contribution in [0.4, 0.5) is 0 Å². The largest absolute Gasteiger partial charge is 0.453 e. The van der Waals surface area contributed by atoms with Crippen molar-refractivity contribution < 1.29 is 17.6 Å². The Hall–Kier alpha value is -1.92. The fraction of sp³-hybridized carbons (Fsp3) is 0.353. The van der Waals surface area contributed by atoms with Gasteiger partial charge in [-0.15, -0.1) is 0 Å². The molecule has 0 atom stereocenters. The van der Waals surface area contributed by atoms with Gasteiger partial charge in [-0.25, -0.2) is 8.42 Å². The summed E-state index contributed by atoms with van der Waals surface area (Å²) in [4.78, 5) is 10.9. The van der Waals surface area contributed by atoms with Crippen molar-refractivity contribution in [1.82, 2.24) is 4.31 Å². The second-order valence-electron chi connectivity index (χ2n) is 5.87. The number of furan rings is 1. The van der Waals surface area contributed by atoms with E-state index in [0.717, 1.165) is 5.56 Å². The molecule has 0 saturated carbocycles. The molecule has 2 aromatic rings. The maximum Gasteiger partial charge on any atom is 0.243 e. The normalized spacial score (nSPS) is 12.3. The van der Waals surface area contributed by atoms with E-state index in [4.69, 9.17) is 4.42 Å². The van der Waals surface area contributed by atoms with Gasteiger partial charge in [0.1, 0.15) is 5.76 Å². The van der Waals surface area contributed by atoms with Gasteiger partial charge in [0.25, 0.3) is 0 Å². The Morgan fingerprint density at radius 2 is 1.52 bits per heavy atom. The molecule has 1 heterocycles. The molecular formula is C17H21NO4S. The van der Waals surface area contributed by atoms with Crippen molar-refractivity contribution in [3.8, 4) is 11.3 Å². The van der Waals surface area contributed by atoms with E-state index in [2.05, 4.69) is 0 Å². The minimum Gasteiger partial charge on any atom is -0.453 e. The van der Waals surface area contributed by atoms with Gasteiger partial charge in [0, 0.05) is 17.6 Å². The maximum absolute atomic E-state index is 12.8. The molecule has 0 radical (unpaired) electrons. The SMILES string of the molecule is CC(C)N(C(C)C)S(=O)(=O)c1ccc(-c2ccc(C=O)o2)cc1. The second kappa shape index (κ2) is 6.68. The molecule has 124 valence electrons. The standard InChI is InChI=1S/C17H21NO4S/c1-12(2)18(13(3)4)23(20,21)16-8-5-14(6-9-16)17-10-7-15(11-19)22-17/h5-13H,1-4H3. The summed E-state index contributed by atoms with van der Waals surface area (Å²) in [5.41, 5.74) is 0.720. The smallest absolute Gasteiger partial charge is 0.243 e. The molecule has 0 aliphatic rings. The first-order chi connectivity index (χ1) is 10.8. The highest BCUT2D eigenvalue weighted by Crippen LogP contribution is 2.26. The Labute approximate surface area is 137 Å². The summed E-state index contributed by atoms with van der Waals surface area (Å²) in [6.07, 6.45) is 0.630. The van der Waals surface area contributed by atoms with Gasteiger partial charge in [-0.2, -0.15) is 4.31 Å². The zero-order valence-corrected chi connectivity index (χ0v) is 14.5. The molecule has 0 fully saturated rings. The molecule has 0 unspecified atom stereocenters. The Kier molecular flexibility index (Phi) is 5.06. The third-order valence-electron chi connectivity index (χ3n) is 3.48. The van der Waals surface area contributed by atoms with E-state index in [-0.39, 0.29) is 22.7 Å². The van der Waals surface area contributed by atoms with Crippen LogP contribution < -0.4 is 0 Å². The van der Waals surface area contributed by atoms with E-state index in [0.29, 0.717) is 12.0 Å². The van der Waals surface area contributed by atoms with Crippen LogP contribution in [-0.4, -0.2) is 31.1 Å². The predicted molar refractivity (Wildman–Crippen MR) is 88.8 cm³/mol. The summed E-state index contributed by atoms with van der Waals surface area (Å²) in [5, 5.41) is 0. The fourth-order valence-electron chi connectivity index (χ4n) is 2.64. The predicted octanol–water partition coefficient (Wildman–Crippen LogP) is 3.57. The van der Waals surface area contributed by atoms with Crippen LogP contribution in [0.15, 0.2) is 45.7 Å². The molecule has 23 heavy (non-hydrogen) atoms. The van der Waals surface area contributed by atoms with Crippen LogP contribution in [0, 0.1) is 0 Å². The lowest BCUT2D eigenvalue weighted by Gasteiger charge is -2.29.